The number of hydrogen-bond donors (Lipinski definition) is 5. The Hall–Kier alpha value is -6.82. The van der Waals surface area contributed by atoms with Crippen molar-refractivity contribution < 1.29 is 0 Å². The van der Waals surface area contributed by atoms with Gasteiger partial charge in [0.15, 0.2) is 0 Å². The van der Waals surface area contributed by atoms with Crippen LogP contribution in [-0.2, 0) is 6.54 Å². The largest absolute Gasteiger partial charge is 0.377 e. The molecule has 2 aliphatic heterocycles. The van der Waals surface area contributed by atoms with Crippen molar-refractivity contribution in [2.75, 3.05) is 10.6 Å². The summed E-state index contributed by atoms with van der Waals surface area (Å²) in [5.41, 5.74) is 5.63. The highest BCUT2D eigenvalue weighted by molar-refractivity contribution is 6.12. The average Bonchev–Trinajstić information content (AvgIpc) is 3.91. The molecule has 52 heavy (non-hydrogen) atoms. The van der Waals surface area contributed by atoms with Gasteiger partial charge < -0.3 is 20.2 Å². The van der Waals surface area contributed by atoms with E-state index in [1.165, 1.54) is 0 Å². The Labute approximate surface area is 296 Å². The second-order valence-corrected chi connectivity index (χ2v) is 13.3. The first-order chi connectivity index (χ1) is 25.6. The summed E-state index contributed by atoms with van der Waals surface area (Å²) in [6.45, 7) is 2.81. The van der Waals surface area contributed by atoms with Crippen molar-refractivity contribution in [3.05, 3.63) is 165 Å². The highest BCUT2D eigenvalue weighted by atomic mass is 16.1. The molecule has 12 nitrogen and oxygen atoms in total. The van der Waals surface area contributed by atoms with Crippen LogP contribution in [-0.4, -0.2) is 39.9 Å². The quantitative estimate of drug-likeness (QED) is 0.135. The Bertz CT molecular complexity index is 2750. The number of anilines is 2. The Morgan fingerprint density at radius 3 is 1.73 bits per heavy atom. The Morgan fingerprint density at radius 1 is 0.635 bits per heavy atom. The lowest BCUT2D eigenvalue weighted by Gasteiger charge is -2.35. The summed E-state index contributed by atoms with van der Waals surface area (Å²) in [6.07, 6.45) is 7.28. The predicted octanol–water partition coefficient (Wildman–Crippen LogP) is 6.36. The predicted molar refractivity (Wildman–Crippen MR) is 200 cm³/mol. The van der Waals surface area contributed by atoms with E-state index in [1.807, 2.05) is 66.9 Å². The van der Waals surface area contributed by atoms with Gasteiger partial charge in [0.2, 0.25) is 0 Å². The van der Waals surface area contributed by atoms with Crippen molar-refractivity contribution in [1.29, 1.82) is 0 Å². The first-order valence-corrected chi connectivity index (χ1v) is 17.3. The van der Waals surface area contributed by atoms with Crippen LogP contribution in [0.25, 0.3) is 32.7 Å². The molecule has 0 saturated carbocycles. The van der Waals surface area contributed by atoms with Crippen LogP contribution in [0, 0.1) is 0 Å². The molecule has 12 heteroatoms. The molecule has 4 aromatic carbocycles. The molecule has 0 spiro atoms. The first kappa shape index (κ1) is 30.0. The third-order valence-electron chi connectivity index (χ3n) is 10.6. The van der Waals surface area contributed by atoms with Crippen LogP contribution in [0.2, 0.25) is 0 Å². The summed E-state index contributed by atoms with van der Waals surface area (Å²) in [7, 11) is 0. The minimum absolute atomic E-state index is 0.203. The molecular formula is C40H32N10O2. The van der Waals surface area contributed by atoms with Crippen molar-refractivity contribution >= 4 is 32.9 Å². The molecule has 5 N–H and O–H groups in total. The fourth-order valence-electron chi connectivity index (χ4n) is 8.36. The van der Waals surface area contributed by atoms with Crippen LogP contribution in [0.5, 0.6) is 0 Å². The van der Waals surface area contributed by atoms with Crippen molar-refractivity contribution in [2.45, 2.75) is 37.4 Å². The number of hydrogen-bond acceptors (Lipinski definition) is 8. The van der Waals surface area contributed by atoms with Gasteiger partial charge in [-0.1, -0.05) is 72.8 Å². The normalized spacial score (nSPS) is 19.0. The fourth-order valence-corrected chi connectivity index (χ4v) is 8.36. The first-order valence-electron chi connectivity index (χ1n) is 17.3. The molecule has 10 rings (SSSR count). The van der Waals surface area contributed by atoms with E-state index in [2.05, 4.69) is 71.7 Å². The van der Waals surface area contributed by atoms with Gasteiger partial charge in [-0.15, -0.1) is 0 Å². The number of aromatic nitrogens is 8. The number of benzene rings is 4. The molecule has 0 amide bonds. The lowest BCUT2D eigenvalue weighted by Crippen LogP contribution is -2.30. The molecule has 4 atom stereocenters. The molecule has 4 aromatic heterocycles. The Balaban J connectivity index is 1.22. The van der Waals surface area contributed by atoms with Crippen molar-refractivity contribution in [3.63, 3.8) is 0 Å². The van der Waals surface area contributed by atoms with Crippen LogP contribution >= 0.6 is 0 Å². The number of aryl methyl sites for hydroxylation is 1. The number of nitrogens with one attached hydrogen (secondary N) is 5. The minimum atomic E-state index is -0.353. The number of imidazole rings is 2. The van der Waals surface area contributed by atoms with Gasteiger partial charge in [0, 0.05) is 53.5 Å². The summed E-state index contributed by atoms with van der Waals surface area (Å²) in [4.78, 5) is 40.7. The lowest BCUT2D eigenvalue weighted by molar-refractivity contribution is 0.565. The molecule has 0 saturated heterocycles. The molecule has 2 aliphatic rings. The van der Waals surface area contributed by atoms with Gasteiger partial charge in [0.25, 0.3) is 11.1 Å². The summed E-state index contributed by atoms with van der Waals surface area (Å²) < 4.78 is 2.11. The molecule has 8 aromatic rings. The highest BCUT2D eigenvalue weighted by Crippen LogP contribution is 2.50. The molecule has 254 valence electrons. The van der Waals surface area contributed by atoms with E-state index in [1.54, 1.807) is 18.6 Å². The van der Waals surface area contributed by atoms with Crippen molar-refractivity contribution in [3.8, 4) is 11.1 Å². The van der Waals surface area contributed by atoms with Gasteiger partial charge in [-0.05, 0) is 41.3 Å². The summed E-state index contributed by atoms with van der Waals surface area (Å²) in [5, 5.41) is 24.8. The maximum absolute atomic E-state index is 14.0. The molecule has 0 aliphatic carbocycles. The molecule has 0 fully saturated rings. The second-order valence-electron chi connectivity index (χ2n) is 13.3. The molecule has 0 bridgehead atoms. The van der Waals surface area contributed by atoms with Gasteiger partial charge >= 0.3 is 0 Å². The SMILES string of the molecule is CCn1ccnc1C1c2n[nH]c(=O)c3c(-c4ccc5c6c(n[nH]c(=O)c46)C(c4ncc[nH]4)C(c4ccccc4)N5)ccc(c23)NC1c1ccccc1. The van der Waals surface area contributed by atoms with Crippen LogP contribution < -0.4 is 21.8 Å². The van der Waals surface area contributed by atoms with E-state index in [4.69, 9.17) is 10.1 Å². The van der Waals surface area contributed by atoms with Crippen LogP contribution in [0.15, 0.2) is 119 Å². The standard InChI is InChI=1S/C40H32N10O2/c1-2-50-20-19-43-38(50)32-34(22-11-7-4-8-12-22)45-26-16-14-24(28-30(26)36(32)47-49-40(28)52)23-13-15-25-29-27(23)39(51)48-46-35(29)31(37-41-17-18-42-37)33(44-25)21-9-5-3-6-10-21/h3-20,31-34,44-45H,2H2,1H3,(H,41,42)(H,48,51)(H,49,52). The fraction of sp³-hybridized carbons (Fsp3) is 0.150. The topological polar surface area (TPSA) is 162 Å². The highest BCUT2D eigenvalue weighted by Gasteiger charge is 2.39. The van der Waals surface area contributed by atoms with E-state index in [-0.39, 0.29) is 35.0 Å². The van der Waals surface area contributed by atoms with Crippen molar-refractivity contribution in [2.24, 2.45) is 0 Å². The zero-order valence-corrected chi connectivity index (χ0v) is 28.0. The molecule has 6 heterocycles. The second kappa shape index (κ2) is 11.6. The smallest absolute Gasteiger partial charge is 0.272 e. The molecule has 4 unspecified atom stereocenters. The van der Waals surface area contributed by atoms with Gasteiger partial charge in [-0.3, -0.25) is 9.59 Å². The maximum Gasteiger partial charge on any atom is 0.272 e. The summed E-state index contributed by atoms with van der Waals surface area (Å²) in [5.74, 6) is 0.896. The maximum atomic E-state index is 14.0. The number of H-pyrrole nitrogens is 3. The zero-order chi connectivity index (χ0) is 34.9. The van der Waals surface area contributed by atoms with E-state index in [0.29, 0.717) is 44.1 Å². The third-order valence-corrected chi connectivity index (χ3v) is 10.6. The minimum Gasteiger partial charge on any atom is -0.377 e. The lowest BCUT2D eigenvalue weighted by atomic mass is 9.81. The van der Waals surface area contributed by atoms with E-state index < -0.39 is 0 Å². The summed E-state index contributed by atoms with van der Waals surface area (Å²) in [6, 6.07) is 27.7. The third kappa shape index (κ3) is 4.40. The number of nitrogens with zero attached hydrogens (tertiary/aromatic N) is 5. The van der Waals surface area contributed by atoms with E-state index in [9.17, 15) is 9.59 Å². The van der Waals surface area contributed by atoms with E-state index in [0.717, 1.165) is 40.7 Å². The monoisotopic (exact) mass is 684 g/mol. The number of rotatable bonds is 6. The van der Waals surface area contributed by atoms with Gasteiger partial charge in [-0.25, -0.2) is 20.2 Å². The van der Waals surface area contributed by atoms with Crippen molar-refractivity contribution in [1.82, 2.24) is 39.9 Å². The average molecular weight is 685 g/mol. The molecular weight excluding hydrogens is 653 g/mol. The molecule has 0 radical (unpaired) electrons. The van der Waals surface area contributed by atoms with Gasteiger partial charge in [0.05, 0.1) is 46.1 Å². The Morgan fingerprint density at radius 2 is 1.19 bits per heavy atom. The van der Waals surface area contributed by atoms with Gasteiger partial charge in [0.1, 0.15) is 11.6 Å². The van der Waals surface area contributed by atoms with Crippen LogP contribution in [0.3, 0.4) is 0 Å². The number of aromatic amines is 3. The van der Waals surface area contributed by atoms with E-state index >= 15 is 0 Å². The summed E-state index contributed by atoms with van der Waals surface area (Å²) >= 11 is 0. The zero-order valence-electron chi connectivity index (χ0n) is 28.0. The van der Waals surface area contributed by atoms with Crippen LogP contribution in [0.1, 0.15) is 65.0 Å². The Kier molecular flexibility index (Phi) is 6.72. The van der Waals surface area contributed by atoms with Gasteiger partial charge in [-0.2, -0.15) is 10.2 Å². The van der Waals surface area contributed by atoms with Crippen LogP contribution in [0.4, 0.5) is 11.4 Å².